The van der Waals surface area contributed by atoms with Crippen molar-refractivity contribution in [2.45, 2.75) is 39.7 Å². The molecule has 0 saturated carbocycles. The standard InChI is InChI=1S/C24H29N5O2/c1-16-11-12-29(27-14-17(2)19-7-5-4-6-8-19)24(31)21(16)13-23(30)26-15-20-9-10-22(25)28-18(20)3/h4-12,17,27H,13-15H2,1-3H3,(H2,25,28)(H,26,30). The highest BCUT2D eigenvalue weighted by atomic mass is 16.2. The number of aryl methyl sites for hydroxylation is 2. The summed E-state index contributed by atoms with van der Waals surface area (Å²) >= 11 is 0. The summed E-state index contributed by atoms with van der Waals surface area (Å²) in [4.78, 5) is 29.6. The highest BCUT2D eigenvalue weighted by Crippen LogP contribution is 2.13. The number of hydrogen-bond acceptors (Lipinski definition) is 5. The molecule has 0 radical (unpaired) electrons. The Hall–Kier alpha value is -3.61. The van der Waals surface area contributed by atoms with Gasteiger partial charge >= 0.3 is 0 Å². The minimum atomic E-state index is -0.216. The minimum absolute atomic E-state index is 0.0167. The van der Waals surface area contributed by atoms with E-state index in [1.165, 1.54) is 10.2 Å². The van der Waals surface area contributed by atoms with Gasteiger partial charge in [0.1, 0.15) is 5.82 Å². The number of nitrogens with one attached hydrogen (secondary N) is 2. The summed E-state index contributed by atoms with van der Waals surface area (Å²) in [5.74, 6) is 0.465. The van der Waals surface area contributed by atoms with Gasteiger partial charge in [-0.15, -0.1) is 0 Å². The van der Waals surface area contributed by atoms with Gasteiger partial charge in [0.05, 0.1) is 6.42 Å². The van der Waals surface area contributed by atoms with Gasteiger partial charge in [0.25, 0.3) is 5.56 Å². The van der Waals surface area contributed by atoms with E-state index in [4.69, 9.17) is 5.73 Å². The summed E-state index contributed by atoms with van der Waals surface area (Å²) in [5, 5.41) is 2.87. The second-order valence-electron chi connectivity index (χ2n) is 7.76. The molecule has 2 aromatic heterocycles. The molecular weight excluding hydrogens is 390 g/mol. The normalized spacial score (nSPS) is 11.7. The molecule has 1 atom stereocenters. The molecule has 2 heterocycles. The third kappa shape index (κ3) is 5.72. The maximum Gasteiger partial charge on any atom is 0.272 e. The molecule has 0 aliphatic carbocycles. The number of nitrogens with two attached hydrogens (primary N) is 1. The third-order valence-corrected chi connectivity index (χ3v) is 5.39. The molecule has 0 spiro atoms. The number of aromatic nitrogens is 2. The van der Waals surface area contributed by atoms with Crippen molar-refractivity contribution in [3.63, 3.8) is 0 Å². The first-order chi connectivity index (χ1) is 14.8. The van der Waals surface area contributed by atoms with Crippen LogP contribution in [-0.4, -0.2) is 22.1 Å². The SMILES string of the molecule is Cc1ccn(NCC(C)c2ccccc2)c(=O)c1CC(=O)NCc1ccc(N)nc1C. The van der Waals surface area contributed by atoms with Gasteiger partial charge in [0.2, 0.25) is 5.91 Å². The molecule has 7 heteroatoms. The molecule has 0 bridgehead atoms. The van der Waals surface area contributed by atoms with E-state index >= 15 is 0 Å². The maximum atomic E-state index is 12.9. The lowest BCUT2D eigenvalue weighted by molar-refractivity contribution is -0.120. The van der Waals surface area contributed by atoms with E-state index in [0.29, 0.717) is 24.5 Å². The molecule has 1 unspecified atom stereocenters. The van der Waals surface area contributed by atoms with E-state index < -0.39 is 0 Å². The van der Waals surface area contributed by atoms with Crippen molar-refractivity contribution >= 4 is 11.7 Å². The number of pyridine rings is 2. The van der Waals surface area contributed by atoms with Gasteiger partial charge in [-0.05, 0) is 48.6 Å². The van der Waals surface area contributed by atoms with Crippen molar-refractivity contribution < 1.29 is 4.79 Å². The van der Waals surface area contributed by atoms with Crippen LogP contribution in [0, 0.1) is 13.8 Å². The molecule has 3 rings (SSSR count). The summed E-state index contributed by atoms with van der Waals surface area (Å²) in [5.41, 5.74) is 12.8. The molecule has 31 heavy (non-hydrogen) atoms. The van der Waals surface area contributed by atoms with Crippen molar-refractivity contribution in [1.82, 2.24) is 15.0 Å². The second kappa shape index (κ2) is 9.93. The zero-order chi connectivity index (χ0) is 22.4. The number of hydrogen-bond donors (Lipinski definition) is 3. The fourth-order valence-electron chi connectivity index (χ4n) is 3.36. The molecule has 0 saturated heterocycles. The fourth-order valence-corrected chi connectivity index (χ4v) is 3.36. The average Bonchev–Trinajstić information content (AvgIpc) is 2.76. The predicted molar refractivity (Wildman–Crippen MR) is 123 cm³/mol. The van der Waals surface area contributed by atoms with Gasteiger partial charge in [-0.2, -0.15) is 0 Å². The van der Waals surface area contributed by atoms with E-state index in [1.54, 1.807) is 12.3 Å². The lowest BCUT2D eigenvalue weighted by atomic mass is 10.0. The van der Waals surface area contributed by atoms with Gasteiger partial charge in [0.15, 0.2) is 0 Å². The summed E-state index contributed by atoms with van der Waals surface area (Å²) in [6.07, 6.45) is 1.73. The smallest absolute Gasteiger partial charge is 0.272 e. The third-order valence-electron chi connectivity index (χ3n) is 5.39. The molecule has 0 fully saturated rings. The van der Waals surface area contributed by atoms with E-state index in [9.17, 15) is 9.59 Å². The number of anilines is 1. The lowest BCUT2D eigenvalue weighted by Crippen LogP contribution is -2.35. The molecule has 1 amide bonds. The van der Waals surface area contributed by atoms with Crippen molar-refractivity contribution in [2.24, 2.45) is 0 Å². The molecule has 3 aromatic rings. The van der Waals surface area contributed by atoms with Crippen LogP contribution in [-0.2, 0) is 17.8 Å². The Balaban J connectivity index is 1.64. The van der Waals surface area contributed by atoms with Gasteiger partial charge in [0, 0.05) is 30.5 Å². The number of rotatable bonds is 8. The van der Waals surface area contributed by atoms with Crippen LogP contribution in [0.1, 0.15) is 40.8 Å². The van der Waals surface area contributed by atoms with Gasteiger partial charge in [-0.3, -0.25) is 9.59 Å². The zero-order valence-corrected chi connectivity index (χ0v) is 18.2. The maximum absolute atomic E-state index is 12.9. The van der Waals surface area contributed by atoms with Crippen molar-refractivity contribution in [3.8, 4) is 0 Å². The number of carbonyl (C=O) groups excluding carboxylic acids is 1. The Morgan fingerprint density at radius 2 is 1.87 bits per heavy atom. The minimum Gasteiger partial charge on any atom is -0.384 e. The summed E-state index contributed by atoms with van der Waals surface area (Å²) in [6.45, 7) is 6.73. The van der Waals surface area contributed by atoms with Crippen LogP contribution in [0.3, 0.4) is 0 Å². The molecule has 1 aromatic carbocycles. The van der Waals surface area contributed by atoms with E-state index in [1.807, 2.05) is 44.2 Å². The number of benzene rings is 1. The monoisotopic (exact) mass is 419 g/mol. The Bertz CT molecular complexity index is 1110. The summed E-state index contributed by atoms with van der Waals surface area (Å²) in [6, 6.07) is 15.5. The Morgan fingerprint density at radius 1 is 1.13 bits per heavy atom. The van der Waals surface area contributed by atoms with Crippen LogP contribution >= 0.6 is 0 Å². The largest absolute Gasteiger partial charge is 0.384 e. The number of nitrogens with zero attached hydrogens (tertiary/aromatic N) is 2. The fraction of sp³-hybridized carbons (Fsp3) is 0.292. The van der Waals surface area contributed by atoms with Crippen LogP contribution in [0.5, 0.6) is 0 Å². The van der Waals surface area contributed by atoms with Crippen LogP contribution in [0.15, 0.2) is 59.5 Å². The molecule has 4 N–H and O–H groups in total. The first-order valence-electron chi connectivity index (χ1n) is 10.3. The van der Waals surface area contributed by atoms with Crippen LogP contribution in [0.25, 0.3) is 0 Å². The van der Waals surface area contributed by atoms with Crippen LogP contribution < -0.4 is 22.0 Å². The molecule has 0 aliphatic rings. The first kappa shape index (κ1) is 22.1. The van der Waals surface area contributed by atoms with Crippen molar-refractivity contribution in [2.75, 3.05) is 17.7 Å². The zero-order valence-electron chi connectivity index (χ0n) is 18.2. The predicted octanol–water partition coefficient (Wildman–Crippen LogP) is 2.65. The van der Waals surface area contributed by atoms with Crippen LogP contribution in [0.4, 0.5) is 5.82 Å². The molecular formula is C24H29N5O2. The average molecular weight is 420 g/mol. The topological polar surface area (TPSA) is 102 Å². The van der Waals surface area contributed by atoms with Gasteiger partial charge in [-0.1, -0.05) is 43.3 Å². The van der Waals surface area contributed by atoms with E-state index in [-0.39, 0.29) is 23.8 Å². The van der Waals surface area contributed by atoms with Gasteiger partial charge < -0.3 is 16.5 Å². The molecule has 162 valence electrons. The Labute approximate surface area is 182 Å². The summed E-state index contributed by atoms with van der Waals surface area (Å²) < 4.78 is 1.46. The van der Waals surface area contributed by atoms with Crippen LogP contribution in [0.2, 0.25) is 0 Å². The lowest BCUT2D eigenvalue weighted by Gasteiger charge is -2.17. The van der Waals surface area contributed by atoms with E-state index in [2.05, 4.69) is 34.8 Å². The second-order valence-corrected chi connectivity index (χ2v) is 7.76. The highest BCUT2D eigenvalue weighted by molar-refractivity contribution is 5.78. The molecule has 7 nitrogen and oxygen atoms in total. The first-order valence-corrected chi connectivity index (χ1v) is 10.3. The summed E-state index contributed by atoms with van der Waals surface area (Å²) in [7, 11) is 0. The number of amides is 1. The van der Waals surface area contributed by atoms with Gasteiger partial charge in [-0.25, -0.2) is 9.66 Å². The van der Waals surface area contributed by atoms with E-state index in [0.717, 1.165) is 16.8 Å². The Morgan fingerprint density at radius 3 is 2.58 bits per heavy atom. The van der Waals surface area contributed by atoms with Crippen molar-refractivity contribution in [3.05, 3.63) is 93.0 Å². The Kier molecular flexibility index (Phi) is 7.07. The molecule has 0 aliphatic heterocycles. The quantitative estimate of drug-likeness (QED) is 0.521. The number of nitrogen functional groups attached to an aromatic ring is 1. The number of carbonyl (C=O) groups is 1. The highest BCUT2D eigenvalue weighted by Gasteiger charge is 2.13. The van der Waals surface area contributed by atoms with Crippen molar-refractivity contribution in [1.29, 1.82) is 0 Å².